The zero-order valence-electron chi connectivity index (χ0n) is 12.6. The molecule has 1 aromatic rings. The van der Waals surface area contributed by atoms with Crippen LogP contribution < -0.4 is 25.0 Å². The third-order valence-electron chi connectivity index (χ3n) is 2.78. The maximum Gasteiger partial charge on any atom is 0.170 e. The van der Waals surface area contributed by atoms with Gasteiger partial charge in [0, 0.05) is 24.7 Å². The second-order valence-corrected chi connectivity index (χ2v) is 5.17. The van der Waals surface area contributed by atoms with Crippen LogP contribution in [0.15, 0.2) is 18.2 Å². The summed E-state index contributed by atoms with van der Waals surface area (Å²) < 4.78 is 10.4. The lowest BCUT2D eigenvalue weighted by atomic mass is 10.3. The van der Waals surface area contributed by atoms with Crippen LogP contribution in [0.4, 0.5) is 5.69 Å². The highest BCUT2D eigenvalue weighted by molar-refractivity contribution is 7.80. The SMILES string of the molecule is COc1ccc(NC(=S)NCCC[NH+](C)C)cc1OC. The van der Waals surface area contributed by atoms with E-state index in [1.807, 2.05) is 18.2 Å². The Hall–Kier alpha value is -1.53. The predicted molar refractivity (Wildman–Crippen MR) is 86.1 cm³/mol. The number of hydrogen-bond donors (Lipinski definition) is 3. The zero-order chi connectivity index (χ0) is 15.0. The summed E-state index contributed by atoms with van der Waals surface area (Å²) in [5.41, 5.74) is 0.874. The Kier molecular flexibility index (Phi) is 7.11. The molecule has 0 amide bonds. The summed E-state index contributed by atoms with van der Waals surface area (Å²) in [5, 5.41) is 6.94. The van der Waals surface area contributed by atoms with E-state index in [0.717, 1.165) is 25.2 Å². The molecule has 112 valence electrons. The molecule has 0 fully saturated rings. The van der Waals surface area contributed by atoms with Gasteiger partial charge in [-0.2, -0.15) is 0 Å². The fourth-order valence-electron chi connectivity index (χ4n) is 1.73. The Morgan fingerprint density at radius 3 is 2.50 bits per heavy atom. The van der Waals surface area contributed by atoms with Gasteiger partial charge in [-0.15, -0.1) is 0 Å². The monoisotopic (exact) mass is 298 g/mol. The van der Waals surface area contributed by atoms with E-state index < -0.39 is 0 Å². The van der Waals surface area contributed by atoms with Crippen LogP contribution >= 0.6 is 12.2 Å². The molecule has 1 rings (SSSR count). The van der Waals surface area contributed by atoms with E-state index in [0.29, 0.717) is 16.6 Å². The highest BCUT2D eigenvalue weighted by atomic mass is 32.1. The first kappa shape index (κ1) is 16.5. The quantitative estimate of drug-likeness (QED) is 0.506. The molecular formula is C14H24N3O2S+. The van der Waals surface area contributed by atoms with Crippen LogP contribution in [-0.2, 0) is 0 Å². The van der Waals surface area contributed by atoms with Crippen molar-refractivity contribution in [3.05, 3.63) is 18.2 Å². The molecular weight excluding hydrogens is 274 g/mol. The van der Waals surface area contributed by atoms with Crippen molar-refractivity contribution in [2.75, 3.05) is 46.7 Å². The molecule has 0 aliphatic heterocycles. The highest BCUT2D eigenvalue weighted by Crippen LogP contribution is 2.29. The number of benzene rings is 1. The average Bonchev–Trinajstić information content (AvgIpc) is 2.43. The normalized spacial score (nSPS) is 10.2. The van der Waals surface area contributed by atoms with Crippen LogP contribution in [0.5, 0.6) is 11.5 Å². The van der Waals surface area contributed by atoms with E-state index >= 15 is 0 Å². The Balaban J connectivity index is 2.45. The van der Waals surface area contributed by atoms with E-state index in [1.165, 1.54) is 4.90 Å². The van der Waals surface area contributed by atoms with E-state index in [1.54, 1.807) is 14.2 Å². The van der Waals surface area contributed by atoms with Crippen molar-refractivity contribution in [1.29, 1.82) is 0 Å². The van der Waals surface area contributed by atoms with Gasteiger partial charge in [0.1, 0.15) is 0 Å². The lowest BCUT2D eigenvalue weighted by molar-refractivity contribution is -0.858. The van der Waals surface area contributed by atoms with E-state index in [4.69, 9.17) is 21.7 Å². The summed E-state index contributed by atoms with van der Waals surface area (Å²) in [6, 6.07) is 5.61. The fraction of sp³-hybridized carbons (Fsp3) is 0.500. The minimum atomic E-state index is 0.617. The van der Waals surface area contributed by atoms with Gasteiger partial charge in [0.25, 0.3) is 0 Å². The topological polar surface area (TPSA) is 47.0 Å². The van der Waals surface area contributed by atoms with Crippen molar-refractivity contribution in [3.63, 3.8) is 0 Å². The van der Waals surface area contributed by atoms with Gasteiger partial charge < -0.3 is 25.0 Å². The van der Waals surface area contributed by atoms with Gasteiger partial charge in [-0.3, -0.25) is 0 Å². The number of thiocarbonyl (C=S) groups is 1. The average molecular weight is 298 g/mol. The molecule has 0 bridgehead atoms. The van der Waals surface area contributed by atoms with Crippen LogP contribution in [0, 0.1) is 0 Å². The molecule has 0 aliphatic carbocycles. The van der Waals surface area contributed by atoms with E-state index in [2.05, 4.69) is 24.7 Å². The second-order valence-electron chi connectivity index (χ2n) is 4.76. The van der Waals surface area contributed by atoms with Crippen LogP contribution in [0.2, 0.25) is 0 Å². The van der Waals surface area contributed by atoms with E-state index in [-0.39, 0.29) is 0 Å². The molecule has 0 aromatic heterocycles. The molecule has 0 spiro atoms. The van der Waals surface area contributed by atoms with Gasteiger partial charge in [-0.1, -0.05) is 0 Å². The van der Waals surface area contributed by atoms with Crippen molar-refractivity contribution >= 4 is 23.0 Å². The summed E-state index contributed by atoms with van der Waals surface area (Å²) in [5.74, 6) is 1.38. The predicted octanol–water partition coefficient (Wildman–Crippen LogP) is 0.525. The number of nitrogens with one attached hydrogen (secondary N) is 3. The minimum absolute atomic E-state index is 0.617. The summed E-state index contributed by atoms with van der Waals surface area (Å²) in [4.78, 5) is 1.44. The molecule has 1 aromatic carbocycles. The number of anilines is 1. The third-order valence-corrected chi connectivity index (χ3v) is 3.03. The molecule has 5 nitrogen and oxygen atoms in total. The highest BCUT2D eigenvalue weighted by Gasteiger charge is 2.05. The summed E-state index contributed by atoms with van der Waals surface area (Å²) >= 11 is 5.25. The Morgan fingerprint density at radius 2 is 1.90 bits per heavy atom. The summed E-state index contributed by atoms with van der Waals surface area (Å²) in [6.07, 6.45) is 1.08. The van der Waals surface area contributed by atoms with Crippen LogP contribution in [0.1, 0.15) is 6.42 Å². The van der Waals surface area contributed by atoms with Gasteiger partial charge in [0.05, 0.1) is 34.9 Å². The first-order chi connectivity index (χ1) is 9.56. The lowest BCUT2D eigenvalue weighted by Gasteiger charge is -2.13. The largest absolute Gasteiger partial charge is 0.493 e. The lowest BCUT2D eigenvalue weighted by Crippen LogP contribution is -3.05. The number of methoxy groups -OCH3 is 2. The molecule has 0 heterocycles. The van der Waals surface area contributed by atoms with Gasteiger partial charge in [-0.25, -0.2) is 0 Å². The molecule has 3 N–H and O–H groups in total. The molecule has 6 heteroatoms. The molecule has 0 saturated heterocycles. The summed E-state index contributed by atoms with van der Waals surface area (Å²) in [6.45, 7) is 1.98. The third kappa shape index (κ3) is 5.63. The molecule has 0 aliphatic rings. The number of ether oxygens (including phenoxy) is 2. The molecule has 0 unspecified atom stereocenters. The van der Waals surface area contributed by atoms with Gasteiger partial charge >= 0.3 is 0 Å². The van der Waals surface area contributed by atoms with Gasteiger partial charge in [0.2, 0.25) is 0 Å². The zero-order valence-corrected chi connectivity index (χ0v) is 13.4. The summed E-state index contributed by atoms with van der Waals surface area (Å²) in [7, 11) is 7.51. The number of hydrogen-bond acceptors (Lipinski definition) is 3. The Labute approximate surface area is 126 Å². The molecule has 0 radical (unpaired) electrons. The van der Waals surface area contributed by atoms with Crippen molar-refractivity contribution in [3.8, 4) is 11.5 Å². The first-order valence-electron chi connectivity index (χ1n) is 6.62. The minimum Gasteiger partial charge on any atom is -0.493 e. The van der Waals surface area contributed by atoms with Gasteiger partial charge in [0.15, 0.2) is 16.6 Å². The van der Waals surface area contributed by atoms with Crippen molar-refractivity contribution in [2.24, 2.45) is 0 Å². The second kappa shape index (κ2) is 8.60. The van der Waals surface area contributed by atoms with Crippen LogP contribution in [-0.4, -0.2) is 46.5 Å². The van der Waals surface area contributed by atoms with Crippen LogP contribution in [0.3, 0.4) is 0 Å². The number of quaternary nitrogens is 1. The van der Waals surface area contributed by atoms with E-state index in [9.17, 15) is 0 Å². The van der Waals surface area contributed by atoms with Gasteiger partial charge in [-0.05, 0) is 24.4 Å². The van der Waals surface area contributed by atoms with Crippen molar-refractivity contribution in [1.82, 2.24) is 5.32 Å². The molecule has 0 atom stereocenters. The standard InChI is InChI=1S/C14H23N3O2S/c1-17(2)9-5-8-15-14(20)16-11-6-7-12(18-3)13(10-11)19-4/h6-7,10H,5,8-9H2,1-4H3,(H2,15,16,20)/p+1. The molecule has 0 saturated carbocycles. The smallest absolute Gasteiger partial charge is 0.170 e. The molecule has 20 heavy (non-hydrogen) atoms. The number of rotatable bonds is 7. The maximum atomic E-state index is 5.25. The fourth-order valence-corrected chi connectivity index (χ4v) is 1.95. The van der Waals surface area contributed by atoms with Crippen molar-refractivity contribution < 1.29 is 14.4 Å². The maximum absolute atomic E-state index is 5.25. The van der Waals surface area contributed by atoms with Crippen LogP contribution in [0.25, 0.3) is 0 Å². The van der Waals surface area contributed by atoms with Crippen molar-refractivity contribution in [2.45, 2.75) is 6.42 Å². The Morgan fingerprint density at radius 1 is 1.20 bits per heavy atom. The Bertz CT molecular complexity index is 438. The first-order valence-corrected chi connectivity index (χ1v) is 7.03.